The number of hydrogen-bond acceptors (Lipinski definition) is 5. The van der Waals surface area contributed by atoms with Crippen molar-refractivity contribution in [3.63, 3.8) is 0 Å². The zero-order valence-electron chi connectivity index (χ0n) is 24.2. The lowest BCUT2D eigenvalue weighted by Gasteiger charge is -2.49. The Morgan fingerprint density at radius 3 is 1.90 bits per heavy atom. The van der Waals surface area contributed by atoms with E-state index < -0.39 is 11.9 Å². The van der Waals surface area contributed by atoms with Gasteiger partial charge in [0.15, 0.2) is 17.3 Å². The first kappa shape index (κ1) is 30.3. The molecule has 0 saturated carbocycles. The van der Waals surface area contributed by atoms with Crippen molar-refractivity contribution in [3.8, 4) is 5.75 Å². The molecule has 1 N–H and O–H groups in total. The zero-order valence-corrected chi connectivity index (χ0v) is 25.7. The summed E-state index contributed by atoms with van der Waals surface area (Å²) < 4.78 is 19.2. The molecule has 0 spiro atoms. The maximum Gasteiger partial charge on any atom is 0.305 e. The van der Waals surface area contributed by atoms with Gasteiger partial charge in [-0.2, -0.15) is 0 Å². The van der Waals surface area contributed by atoms with E-state index in [9.17, 15) is 23.9 Å². The van der Waals surface area contributed by atoms with E-state index in [1.165, 1.54) is 12.1 Å². The highest BCUT2D eigenvalue weighted by molar-refractivity contribution is 6.37. The first-order valence-corrected chi connectivity index (χ1v) is 14.8. The normalized spacial score (nSPS) is 20.0. The average molecular weight is 615 g/mol. The summed E-state index contributed by atoms with van der Waals surface area (Å²) in [4.78, 5) is 41.4. The molecule has 0 bridgehead atoms. The zero-order chi connectivity index (χ0) is 30.6. The smallest absolute Gasteiger partial charge is 0.305 e. The van der Waals surface area contributed by atoms with E-state index in [2.05, 4.69) is 0 Å². The van der Waals surface area contributed by atoms with Crippen molar-refractivity contribution in [1.29, 1.82) is 0 Å². The number of Topliss-reactive ketones (excluding diaryl/α,β-unsaturated/α-hetero) is 2. The van der Waals surface area contributed by atoms with Crippen molar-refractivity contribution in [2.24, 2.45) is 10.8 Å². The first-order valence-electron chi connectivity index (χ1n) is 14.0. The third-order valence-electron chi connectivity index (χ3n) is 8.22. The molecule has 1 heterocycles. The molecule has 222 valence electrons. The van der Waals surface area contributed by atoms with Crippen molar-refractivity contribution in [2.45, 2.75) is 72.3 Å². The molecular weight excluding hydrogens is 580 g/mol. The van der Waals surface area contributed by atoms with Crippen LogP contribution >= 0.6 is 23.2 Å². The van der Waals surface area contributed by atoms with Gasteiger partial charge in [0.25, 0.3) is 0 Å². The van der Waals surface area contributed by atoms with Crippen LogP contribution in [0, 0.1) is 16.6 Å². The standard InChI is InChI=1S/C33H34Cl2FNO5/c1-32(2)13-23-29(25(38)15-32)28(30-24(37(23)10-9-27(40)41)14-33(3,4)16-26(30)39)19-11-21(34)31(22(35)12-19)42-17-18-5-7-20(36)8-6-18/h5-8,11-12,28H,9-10,13-17H2,1-4H3,(H,40,41). The van der Waals surface area contributed by atoms with Crippen molar-refractivity contribution in [3.05, 3.63) is 85.9 Å². The van der Waals surface area contributed by atoms with Gasteiger partial charge in [-0.05, 0) is 59.1 Å². The van der Waals surface area contributed by atoms with Crippen molar-refractivity contribution in [1.82, 2.24) is 4.90 Å². The average Bonchev–Trinajstić information content (AvgIpc) is 2.86. The van der Waals surface area contributed by atoms with Gasteiger partial charge in [-0.25, -0.2) is 4.39 Å². The van der Waals surface area contributed by atoms with Crippen LogP contribution in [-0.2, 0) is 21.0 Å². The second-order valence-electron chi connectivity index (χ2n) is 13.1. The number of ketones is 2. The summed E-state index contributed by atoms with van der Waals surface area (Å²) in [6.07, 6.45) is 1.61. The van der Waals surface area contributed by atoms with Gasteiger partial charge in [-0.1, -0.05) is 63.0 Å². The van der Waals surface area contributed by atoms with Gasteiger partial charge in [0, 0.05) is 47.8 Å². The first-order chi connectivity index (χ1) is 19.7. The Labute approximate surface area is 255 Å². The second-order valence-corrected chi connectivity index (χ2v) is 13.9. The summed E-state index contributed by atoms with van der Waals surface area (Å²) in [5.74, 6) is -1.86. The minimum atomic E-state index is -0.945. The number of allylic oxidation sites excluding steroid dienone is 4. The number of carboxylic acids is 1. The molecular formula is C33H34Cl2FNO5. The van der Waals surface area contributed by atoms with E-state index in [0.717, 1.165) is 17.0 Å². The van der Waals surface area contributed by atoms with Crippen LogP contribution in [0.3, 0.4) is 0 Å². The van der Waals surface area contributed by atoms with Crippen molar-refractivity contribution in [2.75, 3.05) is 6.54 Å². The van der Waals surface area contributed by atoms with Gasteiger partial charge in [0.2, 0.25) is 0 Å². The number of halogens is 3. The second kappa shape index (κ2) is 11.2. The Morgan fingerprint density at radius 1 is 0.929 bits per heavy atom. The minimum Gasteiger partial charge on any atom is -0.486 e. The SMILES string of the molecule is CC1(C)CC(=O)C2=C(C1)N(CCC(=O)O)C1=C(C(=O)CC(C)(C)C1)C2c1cc(Cl)c(OCc2ccc(F)cc2)c(Cl)c1. The third-order valence-corrected chi connectivity index (χ3v) is 8.78. The van der Waals surface area contributed by atoms with Gasteiger partial charge in [0.1, 0.15) is 12.4 Å². The lowest BCUT2D eigenvalue weighted by atomic mass is 9.63. The number of nitrogens with zero attached hydrogens (tertiary/aromatic N) is 1. The molecule has 6 nitrogen and oxygen atoms in total. The Bertz CT molecular complexity index is 1460. The van der Waals surface area contributed by atoms with Crippen LogP contribution < -0.4 is 4.74 Å². The van der Waals surface area contributed by atoms with E-state index in [0.29, 0.717) is 42.4 Å². The minimum absolute atomic E-state index is 0.0698. The fraction of sp³-hybridized carbons (Fsp3) is 0.424. The van der Waals surface area contributed by atoms with Crippen LogP contribution in [0.1, 0.15) is 76.8 Å². The van der Waals surface area contributed by atoms with Gasteiger partial charge < -0.3 is 14.7 Å². The Hall–Kier alpha value is -3.16. The lowest BCUT2D eigenvalue weighted by molar-refractivity contribution is -0.137. The summed E-state index contributed by atoms with van der Waals surface area (Å²) >= 11 is 13.5. The maximum atomic E-state index is 13.9. The molecule has 0 atom stereocenters. The summed E-state index contributed by atoms with van der Waals surface area (Å²) in [7, 11) is 0. The van der Waals surface area contributed by atoms with Crippen LogP contribution in [-0.4, -0.2) is 34.1 Å². The Balaban J connectivity index is 1.63. The van der Waals surface area contributed by atoms with Crippen LogP contribution in [0.15, 0.2) is 58.9 Å². The van der Waals surface area contributed by atoms with Gasteiger partial charge in [-0.15, -0.1) is 0 Å². The largest absolute Gasteiger partial charge is 0.486 e. The molecule has 9 heteroatoms. The molecule has 42 heavy (non-hydrogen) atoms. The van der Waals surface area contributed by atoms with Crippen molar-refractivity contribution >= 4 is 40.7 Å². The van der Waals surface area contributed by atoms with Crippen LogP contribution in [0.4, 0.5) is 4.39 Å². The van der Waals surface area contributed by atoms with Gasteiger partial charge in [-0.3, -0.25) is 14.4 Å². The number of hydrogen-bond donors (Lipinski definition) is 1. The summed E-state index contributed by atoms with van der Waals surface area (Å²) in [5, 5.41) is 9.99. The fourth-order valence-electron chi connectivity index (χ4n) is 6.48. The molecule has 2 aromatic rings. The molecule has 0 fully saturated rings. The van der Waals surface area contributed by atoms with Gasteiger partial charge >= 0.3 is 5.97 Å². The Morgan fingerprint density at radius 2 is 1.43 bits per heavy atom. The maximum absolute atomic E-state index is 13.9. The number of carboxylic acid groups (broad SMARTS) is 1. The topological polar surface area (TPSA) is 83.9 Å². The molecule has 0 saturated heterocycles. The number of ether oxygens (including phenoxy) is 1. The molecule has 0 aromatic heterocycles. The van der Waals surface area contributed by atoms with E-state index in [4.69, 9.17) is 27.9 Å². The monoisotopic (exact) mass is 613 g/mol. The number of carbonyl (C=O) groups is 3. The number of benzene rings is 2. The molecule has 1 aliphatic heterocycles. The number of aliphatic carboxylic acids is 1. The predicted octanol–water partition coefficient (Wildman–Crippen LogP) is 7.87. The van der Waals surface area contributed by atoms with Crippen LogP contribution in [0.5, 0.6) is 5.75 Å². The summed E-state index contributed by atoms with van der Waals surface area (Å²) in [6, 6.07) is 9.29. The van der Waals surface area contributed by atoms with Crippen LogP contribution in [0.2, 0.25) is 10.0 Å². The van der Waals surface area contributed by atoms with Crippen LogP contribution in [0.25, 0.3) is 0 Å². The van der Waals surface area contributed by atoms with E-state index in [1.807, 2.05) is 32.6 Å². The molecule has 2 aliphatic carbocycles. The molecule has 0 amide bonds. The lowest BCUT2D eigenvalue weighted by Crippen LogP contribution is -2.45. The highest BCUT2D eigenvalue weighted by Crippen LogP contribution is 2.55. The molecule has 0 radical (unpaired) electrons. The highest BCUT2D eigenvalue weighted by atomic mass is 35.5. The number of rotatable bonds is 7. The highest BCUT2D eigenvalue weighted by Gasteiger charge is 2.49. The molecule has 3 aliphatic rings. The van der Waals surface area contributed by atoms with E-state index in [1.54, 1.807) is 24.3 Å². The number of carbonyl (C=O) groups excluding carboxylic acids is 2. The van der Waals surface area contributed by atoms with E-state index in [-0.39, 0.29) is 63.6 Å². The quantitative estimate of drug-likeness (QED) is 0.342. The predicted molar refractivity (Wildman–Crippen MR) is 159 cm³/mol. The summed E-state index contributed by atoms with van der Waals surface area (Å²) in [6.45, 7) is 8.40. The molecule has 2 aromatic carbocycles. The molecule has 5 rings (SSSR count). The third kappa shape index (κ3) is 6.00. The summed E-state index contributed by atoms with van der Waals surface area (Å²) in [5.41, 5.74) is 3.25. The fourth-order valence-corrected chi connectivity index (χ4v) is 7.09. The molecule has 0 unspecified atom stereocenters. The van der Waals surface area contributed by atoms with E-state index >= 15 is 0 Å². The Kier molecular flexibility index (Phi) is 8.05. The van der Waals surface area contributed by atoms with Gasteiger partial charge in [0.05, 0.1) is 16.5 Å². The van der Waals surface area contributed by atoms with Crippen molar-refractivity contribution < 1.29 is 28.6 Å².